The Bertz CT molecular complexity index is 532. The summed E-state index contributed by atoms with van der Waals surface area (Å²) in [6.07, 6.45) is 1.62. The van der Waals surface area contributed by atoms with Crippen LogP contribution in [0.15, 0.2) is 47.1 Å². The Morgan fingerprint density at radius 1 is 1.11 bits per heavy atom. The Labute approximate surface area is 106 Å². The normalized spacial score (nSPS) is 9.83. The molecule has 0 spiro atoms. The molecule has 0 radical (unpaired) electrons. The quantitative estimate of drug-likeness (QED) is 0.837. The lowest BCUT2D eigenvalue weighted by atomic mass is 10.1. The van der Waals surface area contributed by atoms with Crippen LogP contribution < -0.4 is 0 Å². The topological polar surface area (TPSA) is 42.6 Å². The molecule has 0 amide bonds. The highest BCUT2D eigenvalue weighted by atomic mass is 16.5. The summed E-state index contributed by atoms with van der Waals surface area (Å²) < 4.78 is 10.7. The Morgan fingerprint density at radius 3 is 2.78 bits per heavy atom. The van der Waals surface area contributed by atoms with E-state index in [1.807, 2.05) is 36.4 Å². The van der Waals surface area contributed by atoms with Gasteiger partial charge in [-0.25, -0.2) is 0 Å². The van der Waals surface area contributed by atoms with E-state index < -0.39 is 0 Å². The molecule has 0 bridgehead atoms. The molecule has 0 saturated heterocycles. The lowest BCUT2D eigenvalue weighted by Crippen LogP contribution is -1.96. The van der Waals surface area contributed by atoms with E-state index in [-0.39, 0.29) is 6.61 Å². The summed E-state index contributed by atoms with van der Waals surface area (Å²) in [4.78, 5) is 0. The Balaban J connectivity index is 1.96. The van der Waals surface area contributed by atoms with Gasteiger partial charge >= 0.3 is 0 Å². The van der Waals surface area contributed by atoms with Gasteiger partial charge in [-0.05, 0) is 23.8 Å². The number of aliphatic hydroxyl groups is 1. The average molecular weight is 242 g/mol. The van der Waals surface area contributed by atoms with Crippen molar-refractivity contribution in [3.8, 4) is 11.8 Å². The Morgan fingerprint density at radius 2 is 2.00 bits per heavy atom. The summed E-state index contributed by atoms with van der Waals surface area (Å²) in [6.45, 7) is 0.771. The van der Waals surface area contributed by atoms with Gasteiger partial charge in [-0.2, -0.15) is 0 Å². The zero-order valence-electron chi connectivity index (χ0n) is 9.93. The van der Waals surface area contributed by atoms with Crippen molar-refractivity contribution in [3.63, 3.8) is 0 Å². The monoisotopic (exact) mass is 242 g/mol. The van der Waals surface area contributed by atoms with Crippen LogP contribution >= 0.6 is 0 Å². The van der Waals surface area contributed by atoms with Gasteiger partial charge in [-0.1, -0.05) is 30.0 Å². The third-order valence-electron chi connectivity index (χ3n) is 2.40. The van der Waals surface area contributed by atoms with Gasteiger partial charge in [0.25, 0.3) is 0 Å². The molecule has 0 atom stereocenters. The van der Waals surface area contributed by atoms with Gasteiger partial charge in [0.2, 0.25) is 0 Å². The van der Waals surface area contributed by atoms with Crippen molar-refractivity contribution in [2.75, 3.05) is 6.61 Å². The van der Waals surface area contributed by atoms with E-state index in [0.717, 1.165) is 16.9 Å². The zero-order valence-corrected chi connectivity index (χ0v) is 9.93. The third kappa shape index (κ3) is 3.49. The molecule has 2 rings (SSSR count). The van der Waals surface area contributed by atoms with Crippen molar-refractivity contribution in [2.45, 2.75) is 13.2 Å². The van der Waals surface area contributed by atoms with Crippen LogP contribution in [0.2, 0.25) is 0 Å². The number of ether oxygens (including phenoxy) is 1. The van der Waals surface area contributed by atoms with Crippen molar-refractivity contribution in [2.24, 2.45) is 0 Å². The number of rotatable bonds is 4. The fourth-order valence-electron chi connectivity index (χ4n) is 1.56. The van der Waals surface area contributed by atoms with Crippen LogP contribution in [0.1, 0.15) is 16.9 Å². The van der Waals surface area contributed by atoms with E-state index in [2.05, 4.69) is 11.8 Å². The number of furan rings is 1. The summed E-state index contributed by atoms with van der Waals surface area (Å²) in [7, 11) is 0. The molecular formula is C15H14O3. The van der Waals surface area contributed by atoms with Crippen LogP contribution in [-0.4, -0.2) is 11.7 Å². The van der Waals surface area contributed by atoms with E-state index in [0.29, 0.717) is 13.2 Å². The van der Waals surface area contributed by atoms with Crippen molar-refractivity contribution >= 4 is 0 Å². The maximum absolute atomic E-state index is 8.70. The number of hydrogen-bond acceptors (Lipinski definition) is 3. The first-order valence-corrected chi connectivity index (χ1v) is 5.68. The van der Waals surface area contributed by atoms with E-state index in [1.54, 1.807) is 6.26 Å². The second-order valence-corrected chi connectivity index (χ2v) is 3.69. The van der Waals surface area contributed by atoms with Gasteiger partial charge in [0.15, 0.2) is 0 Å². The zero-order chi connectivity index (χ0) is 12.6. The van der Waals surface area contributed by atoms with Gasteiger partial charge in [0.1, 0.15) is 19.0 Å². The van der Waals surface area contributed by atoms with Crippen molar-refractivity contribution < 1.29 is 14.3 Å². The third-order valence-corrected chi connectivity index (χ3v) is 2.40. The lowest BCUT2D eigenvalue weighted by Gasteiger charge is -2.05. The van der Waals surface area contributed by atoms with Gasteiger partial charge in [0.05, 0.1) is 12.9 Å². The van der Waals surface area contributed by atoms with Crippen LogP contribution in [-0.2, 0) is 18.0 Å². The van der Waals surface area contributed by atoms with Crippen molar-refractivity contribution in [1.82, 2.24) is 0 Å². The molecule has 18 heavy (non-hydrogen) atoms. The van der Waals surface area contributed by atoms with Crippen LogP contribution in [0.5, 0.6) is 0 Å². The summed E-state index contributed by atoms with van der Waals surface area (Å²) in [5, 5.41) is 8.70. The smallest absolute Gasteiger partial charge is 0.129 e. The molecule has 0 aliphatic heterocycles. The first kappa shape index (κ1) is 12.4. The van der Waals surface area contributed by atoms with E-state index in [4.69, 9.17) is 14.3 Å². The molecule has 3 heteroatoms. The predicted molar refractivity (Wildman–Crippen MR) is 67.6 cm³/mol. The van der Waals surface area contributed by atoms with E-state index >= 15 is 0 Å². The van der Waals surface area contributed by atoms with Crippen LogP contribution in [0.3, 0.4) is 0 Å². The molecule has 3 nitrogen and oxygen atoms in total. The minimum absolute atomic E-state index is 0.137. The first-order chi connectivity index (χ1) is 8.90. The molecular weight excluding hydrogens is 228 g/mol. The standard InChI is InChI=1S/C15H14O3/c16-9-3-7-13-5-1-2-6-14(13)11-17-12-15-8-4-10-18-15/h1-2,4-6,8,10,16H,9,11-12H2. The largest absolute Gasteiger partial charge is 0.467 e. The molecule has 0 aliphatic rings. The van der Waals surface area contributed by atoms with Crippen LogP contribution in [0.4, 0.5) is 0 Å². The summed E-state index contributed by atoms with van der Waals surface area (Å²) in [5.74, 6) is 6.34. The van der Waals surface area contributed by atoms with Crippen LogP contribution in [0, 0.1) is 11.8 Å². The van der Waals surface area contributed by atoms with E-state index in [9.17, 15) is 0 Å². The molecule has 2 aromatic rings. The predicted octanol–water partition coefficient (Wildman–Crippen LogP) is 2.34. The van der Waals surface area contributed by atoms with Gasteiger partial charge in [0, 0.05) is 5.56 Å². The number of aliphatic hydroxyl groups excluding tert-OH is 1. The summed E-state index contributed by atoms with van der Waals surface area (Å²) in [6, 6.07) is 11.4. The Kier molecular flexibility index (Phi) is 4.60. The van der Waals surface area contributed by atoms with Gasteiger partial charge < -0.3 is 14.3 Å². The SMILES string of the molecule is OCC#Cc1ccccc1COCc1ccco1. The molecule has 1 aromatic heterocycles. The minimum atomic E-state index is -0.137. The number of benzene rings is 1. The second kappa shape index (κ2) is 6.65. The van der Waals surface area contributed by atoms with Gasteiger partial charge in [-0.15, -0.1) is 0 Å². The average Bonchev–Trinajstić information content (AvgIpc) is 2.91. The van der Waals surface area contributed by atoms with Crippen molar-refractivity contribution in [1.29, 1.82) is 0 Å². The number of hydrogen-bond donors (Lipinski definition) is 1. The molecule has 1 N–H and O–H groups in total. The fraction of sp³-hybridized carbons (Fsp3) is 0.200. The molecule has 0 aliphatic carbocycles. The van der Waals surface area contributed by atoms with Crippen molar-refractivity contribution in [3.05, 3.63) is 59.5 Å². The summed E-state index contributed by atoms with van der Waals surface area (Å²) >= 11 is 0. The Hall–Kier alpha value is -2.02. The molecule has 0 saturated carbocycles. The highest BCUT2D eigenvalue weighted by molar-refractivity contribution is 5.40. The van der Waals surface area contributed by atoms with Gasteiger partial charge in [-0.3, -0.25) is 0 Å². The molecule has 92 valence electrons. The maximum atomic E-state index is 8.70. The highest BCUT2D eigenvalue weighted by Crippen LogP contribution is 2.10. The maximum Gasteiger partial charge on any atom is 0.129 e. The summed E-state index contributed by atoms with van der Waals surface area (Å²) in [5.41, 5.74) is 1.89. The molecule has 1 aromatic carbocycles. The molecule has 0 unspecified atom stereocenters. The molecule has 0 fully saturated rings. The first-order valence-electron chi connectivity index (χ1n) is 5.68. The fourth-order valence-corrected chi connectivity index (χ4v) is 1.56. The minimum Gasteiger partial charge on any atom is -0.467 e. The second-order valence-electron chi connectivity index (χ2n) is 3.69. The van der Waals surface area contributed by atoms with Crippen LogP contribution in [0.25, 0.3) is 0 Å². The highest BCUT2D eigenvalue weighted by Gasteiger charge is 2.00. The lowest BCUT2D eigenvalue weighted by molar-refractivity contribution is 0.0928. The van der Waals surface area contributed by atoms with E-state index in [1.165, 1.54) is 0 Å². The molecule has 1 heterocycles.